The Morgan fingerprint density at radius 2 is 2.27 bits per heavy atom. The molecule has 0 N–H and O–H groups in total. The first-order valence-electron chi connectivity index (χ1n) is 5.65. The van der Waals surface area contributed by atoms with E-state index in [2.05, 4.69) is 15.9 Å². The van der Waals surface area contributed by atoms with Crippen LogP contribution in [0.25, 0.3) is 0 Å². The fourth-order valence-electron chi connectivity index (χ4n) is 1.83. The summed E-state index contributed by atoms with van der Waals surface area (Å²) in [6, 6.07) is 0.251. The lowest BCUT2D eigenvalue weighted by Crippen LogP contribution is -2.46. The van der Waals surface area contributed by atoms with Crippen LogP contribution in [-0.4, -0.2) is 41.4 Å². The van der Waals surface area contributed by atoms with Crippen LogP contribution < -0.4 is 0 Å². The summed E-state index contributed by atoms with van der Waals surface area (Å²) in [4.78, 5) is 14.0. The molecule has 1 heterocycles. The van der Waals surface area contributed by atoms with Crippen LogP contribution in [0.4, 0.5) is 0 Å². The second kappa shape index (κ2) is 6.48. The third-order valence-corrected chi connectivity index (χ3v) is 3.04. The lowest BCUT2D eigenvalue weighted by Gasteiger charge is -2.31. The highest BCUT2D eigenvalue weighted by Crippen LogP contribution is 2.16. The Morgan fingerprint density at radius 1 is 1.53 bits per heavy atom. The number of halogens is 1. The highest BCUT2D eigenvalue weighted by Gasteiger charge is 2.27. The average molecular weight is 278 g/mol. The van der Waals surface area contributed by atoms with Crippen molar-refractivity contribution in [2.75, 3.05) is 18.5 Å². The third kappa shape index (κ3) is 3.76. The van der Waals surface area contributed by atoms with Crippen molar-refractivity contribution in [1.82, 2.24) is 4.90 Å². The van der Waals surface area contributed by atoms with Crippen molar-refractivity contribution >= 4 is 21.8 Å². The summed E-state index contributed by atoms with van der Waals surface area (Å²) in [6.07, 6.45) is 2.88. The van der Waals surface area contributed by atoms with Crippen LogP contribution in [0.1, 0.15) is 33.1 Å². The molecule has 1 fully saturated rings. The van der Waals surface area contributed by atoms with Gasteiger partial charge in [-0.1, -0.05) is 15.9 Å². The molecule has 0 spiro atoms. The van der Waals surface area contributed by atoms with Gasteiger partial charge in [-0.25, -0.2) is 0 Å². The molecular weight excluding hydrogens is 258 g/mol. The van der Waals surface area contributed by atoms with E-state index in [1.807, 2.05) is 18.7 Å². The van der Waals surface area contributed by atoms with Gasteiger partial charge in [0.2, 0.25) is 0 Å². The highest BCUT2D eigenvalue weighted by molar-refractivity contribution is 9.09. The molecule has 1 atom stereocenters. The maximum Gasteiger partial charge on any atom is 0.251 e. The molecule has 3 nitrogen and oxygen atoms in total. The molecule has 1 saturated heterocycles. The summed E-state index contributed by atoms with van der Waals surface area (Å²) < 4.78 is 5.51. The fourth-order valence-corrected chi connectivity index (χ4v) is 2.22. The molecule has 1 rings (SSSR count). The van der Waals surface area contributed by atoms with Gasteiger partial charge in [0.05, 0.1) is 0 Å². The molecule has 88 valence electrons. The molecule has 1 unspecified atom stereocenters. The number of ether oxygens (including phenoxy) is 1. The molecule has 0 bridgehead atoms. The largest absolute Gasteiger partial charge is 0.368 e. The van der Waals surface area contributed by atoms with Gasteiger partial charge in [0.1, 0.15) is 6.10 Å². The zero-order valence-electron chi connectivity index (χ0n) is 9.54. The van der Waals surface area contributed by atoms with Crippen LogP contribution in [0.3, 0.4) is 0 Å². The summed E-state index contributed by atoms with van der Waals surface area (Å²) in [7, 11) is 0. The molecule has 0 aromatic heterocycles. The molecular formula is C11H20BrNO2. The van der Waals surface area contributed by atoms with E-state index < -0.39 is 0 Å². The van der Waals surface area contributed by atoms with Gasteiger partial charge in [0, 0.05) is 24.5 Å². The van der Waals surface area contributed by atoms with Crippen LogP contribution in [0.5, 0.6) is 0 Å². The number of nitrogens with zero attached hydrogens (tertiary/aromatic N) is 1. The number of amides is 1. The zero-order valence-corrected chi connectivity index (χ0v) is 11.1. The Bertz CT molecular complexity index is 203. The van der Waals surface area contributed by atoms with Crippen molar-refractivity contribution in [3.8, 4) is 0 Å². The molecule has 1 amide bonds. The minimum atomic E-state index is -0.194. The number of hydrogen-bond donors (Lipinski definition) is 0. The lowest BCUT2D eigenvalue weighted by atomic mass is 10.1. The summed E-state index contributed by atoms with van der Waals surface area (Å²) >= 11 is 3.38. The standard InChI is InChI=1S/C11H20BrNO2/c1-9(2)13(7-6-12)11(14)10-5-3-4-8-15-10/h9-10H,3-8H2,1-2H3. The Morgan fingerprint density at radius 3 is 2.73 bits per heavy atom. The average Bonchev–Trinajstić information content (AvgIpc) is 2.26. The van der Waals surface area contributed by atoms with Crippen LogP contribution in [-0.2, 0) is 9.53 Å². The zero-order chi connectivity index (χ0) is 11.3. The molecule has 0 saturated carbocycles. The van der Waals surface area contributed by atoms with E-state index in [0.717, 1.165) is 37.7 Å². The Kier molecular flexibility index (Phi) is 5.61. The summed E-state index contributed by atoms with van der Waals surface area (Å²) in [5.41, 5.74) is 0. The smallest absolute Gasteiger partial charge is 0.251 e. The normalized spacial score (nSPS) is 21.7. The number of carbonyl (C=O) groups is 1. The number of hydrogen-bond acceptors (Lipinski definition) is 2. The lowest BCUT2D eigenvalue weighted by molar-refractivity contribution is -0.147. The minimum Gasteiger partial charge on any atom is -0.368 e. The van der Waals surface area contributed by atoms with E-state index in [1.165, 1.54) is 0 Å². The Hall–Kier alpha value is -0.0900. The van der Waals surface area contributed by atoms with Gasteiger partial charge in [0.25, 0.3) is 5.91 Å². The monoisotopic (exact) mass is 277 g/mol. The number of carbonyl (C=O) groups excluding carboxylic acids is 1. The topological polar surface area (TPSA) is 29.5 Å². The van der Waals surface area contributed by atoms with Gasteiger partial charge in [0.15, 0.2) is 0 Å². The summed E-state index contributed by atoms with van der Waals surface area (Å²) in [6.45, 7) is 5.58. The second-order valence-electron chi connectivity index (χ2n) is 4.17. The van der Waals surface area contributed by atoms with Crippen molar-refractivity contribution in [2.24, 2.45) is 0 Å². The van der Waals surface area contributed by atoms with Crippen LogP contribution >= 0.6 is 15.9 Å². The predicted molar refractivity (Wildman–Crippen MR) is 64.2 cm³/mol. The van der Waals surface area contributed by atoms with Crippen molar-refractivity contribution in [3.05, 3.63) is 0 Å². The van der Waals surface area contributed by atoms with Gasteiger partial charge < -0.3 is 9.64 Å². The van der Waals surface area contributed by atoms with Crippen LogP contribution in [0, 0.1) is 0 Å². The summed E-state index contributed by atoms with van der Waals surface area (Å²) in [5.74, 6) is 0.157. The van der Waals surface area contributed by atoms with E-state index in [4.69, 9.17) is 4.74 Å². The van der Waals surface area contributed by atoms with E-state index >= 15 is 0 Å². The van der Waals surface area contributed by atoms with E-state index in [0.29, 0.717) is 0 Å². The van der Waals surface area contributed by atoms with Crippen molar-refractivity contribution in [1.29, 1.82) is 0 Å². The molecule has 1 aliphatic rings. The predicted octanol–water partition coefficient (Wildman–Crippen LogP) is 2.19. The van der Waals surface area contributed by atoms with Crippen LogP contribution in [0.2, 0.25) is 0 Å². The molecule has 0 radical (unpaired) electrons. The maximum absolute atomic E-state index is 12.1. The van der Waals surface area contributed by atoms with Gasteiger partial charge in [-0.05, 0) is 33.1 Å². The van der Waals surface area contributed by atoms with Gasteiger partial charge in [-0.2, -0.15) is 0 Å². The van der Waals surface area contributed by atoms with E-state index in [9.17, 15) is 4.79 Å². The first-order valence-corrected chi connectivity index (χ1v) is 6.77. The summed E-state index contributed by atoms with van der Waals surface area (Å²) in [5, 5.41) is 0.823. The molecule has 4 heteroatoms. The van der Waals surface area contributed by atoms with Crippen LogP contribution in [0.15, 0.2) is 0 Å². The first kappa shape index (κ1) is 13.0. The maximum atomic E-state index is 12.1. The van der Waals surface area contributed by atoms with Gasteiger partial charge >= 0.3 is 0 Å². The molecule has 0 aliphatic carbocycles. The van der Waals surface area contributed by atoms with E-state index in [1.54, 1.807) is 0 Å². The second-order valence-corrected chi connectivity index (χ2v) is 4.96. The minimum absolute atomic E-state index is 0.157. The molecule has 15 heavy (non-hydrogen) atoms. The number of rotatable bonds is 4. The van der Waals surface area contributed by atoms with Gasteiger partial charge in [-0.15, -0.1) is 0 Å². The van der Waals surface area contributed by atoms with Crippen molar-refractivity contribution in [3.63, 3.8) is 0 Å². The number of alkyl halides is 1. The fraction of sp³-hybridized carbons (Fsp3) is 0.909. The quantitative estimate of drug-likeness (QED) is 0.738. The SMILES string of the molecule is CC(C)N(CCBr)C(=O)C1CCCCO1. The molecule has 1 aliphatic heterocycles. The highest BCUT2D eigenvalue weighted by atomic mass is 79.9. The molecule has 0 aromatic rings. The van der Waals surface area contributed by atoms with Crippen molar-refractivity contribution < 1.29 is 9.53 Å². The Labute approximate surface area is 100 Å². The van der Waals surface area contributed by atoms with E-state index in [-0.39, 0.29) is 18.1 Å². The third-order valence-electron chi connectivity index (χ3n) is 2.69. The van der Waals surface area contributed by atoms with Crippen molar-refractivity contribution in [2.45, 2.75) is 45.3 Å². The molecule has 0 aromatic carbocycles. The Balaban J connectivity index is 2.53. The van der Waals surface area contributed by atoms with Gasteiger partial charge in [-0.3, -0.25) is 4.79 Å². The first-order chi connectivity index (χ1) is 7.16.